The highest BCUT2D eigenvalue weighted by atomic mass is 16.4. The molecule has 5 rings (SSSR count). The van der Waals surface area contributed by atoms with Crippen LogP contribution in [0.1, 0.15) is 58.9 Å². The van der Waals surface area contributed by atoms with Crippen LogP contribution in [0.25, 0.3) is 44.8 Å². The number of carboxylic acid groups (broad SMARTS) is 1. The number of nitrogens with zero attached hydrogens (tertiary/aromatic N) is 7. The number of hydrogen-bond acceptors (Lipinski definition) is 7. The number of imidazole rings is 1. The van der Waals surface area contributed by atoms with Crippen LogP contribution in [0.2, 0.25) is 0 Å². The summed E-state index contributed by atoms with van der Waals surface area (Å²) in [7, 11) is 0. The molecule has 0 aliphatic heterocycles. The zero-order valence-corrected chi connectivity index (χ0v) is 23.7. The molecule has 5 aromatic rings. The summed E-state index contributed by atoms with van der Waals surface area (Å²) < 4.78 is 3.92. The molecule has 10 heteroatoms. The number of aliphatic carboxylic acids is 1. The van der Waals surface area contributed by atoms with Crippen molar-refractivity contribution in [3.63, 3.8) is 0 Å². The van der Waals surface area contributed by atoms with Crippen molar-refractivity contribution in [2.24, 2.45) is 0 Å². The number of aromatic nitrogens is 7. The third kappa shape index (κ3) is 5.86. The lowest BCUT2D eigenvalue weighted by Gasteiger charge is -2.26. The van der Waals surface area contributed by atoms with Gasteiger partial charge in [0.1, 0.15) is 18.5 Å². The number of unbranched alkanes of at least 4 members (excludes halogenated alkanes) is 2. The van der Waals surface area contributed by atoms with E-state index in [4.69, 9.17) is 10.7 Å². The van der Waals surface area contributed by atoms with E-state index in [9.17, 15) is 9.90 Å². The molecule has 210 valence electrons. The second-order valence-corrected chi connectivity index (χ2v) is 11.0. The van der Waals surface area contributed by atoms with Crippen molar-refractivity contribution in [3.8, 4) is 28.2 Å². The Kier molecular flexibility index (Phi) is 7.65. The summed E-state index contributed by atoms with van der Waals surface area (Å²) in [4.78, 5) is 29.4. The van der Waals surface area contributed by atoms with Gasteiger partial charge in [-0.2, -0.15) is 5.10 Å². The second kappa shape index (κ2) is 11.3. The molecule has 3 aromatic heterocycles. The van der Waals surface area contributed by atoms with E-state index < -0.39 is 5.97 Å². The minimum absolute atomic E-state index is 0.223. The lowest BCUT2D eigenvalue weighted by molar-refractivity contribution is -0.131. The number of anilines is 1. The highest BCUT2D eigenvalue weighted by Crippen LogP contribution is 2.37. The van der Waals surface area contributed by atoms with Crippen LogP contribution in [0.4, 0.5) is 5.95 Å². The van der Waals surface area contributed by atoms with Crippen LogP contribution < -0.4 is 5.73 Å². The van der Waals surface area contributed by atoms with Gasteiger partial charge >= 0.3 is 5.97 Å². The molecule has 3 heterocycles. The van der Waals surface area contributed by atoms with Crippen molar-refractivity contribution in [2.45, 2.75) is 58.9 Å². The number of carbonyl (C=O) groups is 1. The van der Waals surface area contributed by atoms with E-state index in [-0.39, 0.29) is 11.5 Å². The Morgan fingerprint density at radius 3 is 2.49 bits per heavy atom. The van der Waals surface area contributed by atoms with Crippen LogP contribution >= 0.6 is 0 Å². The van der Waals surface area contributed by atoms with Crippen molar-refractivity contribution < 1.29 is 9.90 Å². The van der Waals surface area contributed by atoms with Crippen LogP contribution in [0.3, 0.4) is 0 Å². The Balaban J connectivity index is 1.74. The Morgan fingerprint density at radius 2 is 1.83 bits per heavy atom. The quantitative estimate of drug-likeness (QED) is 0.165. The normalized spacial score (nSPS) is 12.2. The second-order valence-electron chi connectivity index (χ2n) is 11.0. The number of nitrogens with two attached hydrogens (primary N) is 1. The van der Waals surface area contributed by atoms with E-state index >= 15 is 0 Å². The maximum Gasteiger partial charge on any atom is 0.328 e. The summed E-state index contributed by atoms with van der Waals surface area (Å²) >= 11 is 0. The SMILES string of the molecule is CCCCC/C(=C/C(=O)O)c1ccc(-n2cncn2)c(-c2nc3cc(-c4cnc(N)nc4)ccc3n2C(C)(C)C)c1. The van der Waals surface area contributed by atoms with Crippen LogP contribution in [-0.4, -0.2) is 45.4 Å². The molecule has 0 aliphatic carbocycles. The Morgan fingerprint density at radius 1 is 1.05 bits per heavy atom. The van der Waals surface area contributed by atoms with E-state index in [0.29, 0.717) is 6.42 Å². The number of benzene rings is 2. The van der Waals surface area contributed by atoms with E-state index in [1.807, 2.05) is 30.3 Å². The number of rotatable bonds is 9. The molecular weight excluding hydrogens is 516 g/mol. The Labute approximate surface area is 238 Å². The summed E-state index contributed by atoms with van der Waals surface area (Å²) in [5, 5.41) is 14.0. The number of carboxylic acids is 1. The number of allylic oxidation sites excluding steroid dienone is 1. The van der Waals surface area contributed by atoms with Crippen molar-refractivity contribution >= 4 is 28.5 Å². The first-order valence-electron chi connectivity index (χ1n) is 13.7. The fourth-order valence-corrected chi connectivity index (χ4v) is 5.07. The molecule has 0 amide bonds. The fourth-order valence-electron chi connectivity index (χ4n) is 5.07. The molecular formula is C31H34N8O2. The van der Waals surface area contributed by atoms with Crippen LogP contribution in [0.5, 0.6) is 0 Å². The van der Waals surface area contributed by atoms with Gasteiger partial charge in [-0.3, -0.25) is 0 Å². The predicted molar refractivity (Wildman–Crippen MR) is 160 cm³/mol. The summed E-state index contributed by atoms with van der Waals surface area (Å²) in [6.45, 7) is 8.55. The highest BCUT2D eigenvalue weighted by Gasteiger charge is 2.25. The first-order valence-corrected chi connectivity index (χ1v) is 13.7. The van der Waals surface area contributed by atoms with E-state index in [2.05, 4.69) is 58.4 Å². The van der Waals surface area contributed by atoms with Crippen molar-refractivity contribution in [2.75, 3.05) is 5.73 Å². The third-order valence-corrected chi connectivity index (χ3v) is 6.95. The van der Waals surface area contributed by atoms with E-state index in [1.54, 1.807) is 23.4 Å². The van der Waals surface area contributed by atoms with Crippen LogP contribution in [0.15, 0.2) is 67.5 Å². The smallest absolute Gasteiger partial charge is 0.328 e. The molecule has 10 nitrogen and oxygen atoms in total. The van der Waals surface area contributed by atoms with Crippen molar-refractivity contribution in [1.82, 2.24) is 34.3 Å². The molecule has 2 aromatic carbocycles. The average Bonchev–Trinajstić information content (AvgIpc) is 3.60. The topological polar surface area (TPSA) is 138 Å². The van der Waals surface area contributed by atoms with Gasteiger partial charge in [-0.25, -0.2) is 29.4 Å². The maximum atomic E-state index is 11.8. The maximum absolute atomic E-state index is 11.8. The van der Waals surface area contributed by atoms with Crippen molar-refractivity contribution in [3.05, 3.63) is 73.1 Å². The van der Waals surface area contributed by atoms with Gasteiger partial charge in [0.05, 0.1) is 16.7 Å². The molecule has 3 N–H and O–H groups in total. The number of fused-ring (bicyclic) bond motifs is 1. The van der Waals surface area contributed by atoms with Gasteiger partial charge in [-0.1, -0.05) is 31.9 Å². The largest absolute Gasteiger partial charge is 0.478 e. The van der Waals surface area contributed by atoms with Gasteiger partial charge in [-0.05, 0) is 74.6 Å². The van der Waals surface area contributed by atoms with Crippen LogP contribution in [0, 0.1) is 0 Å². The van der Waals surface area contributed by atoms with Gasteiger partial charge in [0, 0.05) is 35.1 Å². The van der Waals surface area contributed by atoms with E-state index in [0.717, 1.165) is 69.6 Å². The molecule has 0 bridgehead atoms. The minimum Gasteiger partial charge on any atom is -0.478 e. The van der Waals surface area contributed by atoms with Crippen LogP contribution in [-0.2, 0) is 10.3 Å². The molecule has 0 aliphatic rings. The summed E-state index contributed by atoms with van der Waals surface area (Å²) in [5.41, 5.74) is 12.1. The Bertz CT molecular complexity index is 1710. The van der Waals surface area contributed by atoms with Gasteiger partial charge in [-0.15, -0.1) is 0 Å². The van der Waals surface area contributed by atoms with E-state index in [1.165, 1.54) is 12.4 Å². The number of hydrogen-bond donors (Lipinski definition) is 2. The van der Waals surface area contributed by atoms with Gasteiger partial charge in [0.25, 0.3) is 0 Å². The van der Waals surface area contributed by atoms with Crippen molar-refractivity contribution in [1.29, 1.82) is 0 Å². The monoisotopic (exact) mass is 550 g/mol. The summed E-state index contributed by atoms with van der Waals surface area (Å²) in [6.07, 6.45) is 11.5. The molecule has 0 spiro atoms. The lowest BCUT2D eigenvalue weighted by atomic mass is 9.96. The van der Waals surface area contributed by atoms with Gasteiger partial charge in [0.15, 0.2) is 0 Å². The zero-order valence-electron chi connectivity index (χ0n) is 23.7. The first-order chi connectivity index (χ1) is 19.7. The first kappa shape index (κ1) is 27.7. The Hall–Kier alpha value is -4.86. The summed E-state index contributed by atoms with van der Waals surface area (Å²) in [6, 6.07) is 12.0. The summed E-state index contributed by atoms with van der Waals surface area (Å²) in [5.74, 6) is 0.00829. The minimum atomic E-state index is -0.959. The number of nitrogen functional groups attached to an aromatic ring is 1. The molecule has 0 unspecified atom stereocenters. The lowest BCUT2D eigenvalue weighted by Crippen LogP contribution is -2.23. The zero-order chi connectivity index (χ0) is 29.1. The third-order valence-electron chi connectivity index (χ3n) is 6.95. The standard InChI is InChI=1S/C31H34N8O2/c1-5-6-7-8-20(15-28(40)41)21-9-11-26(38-19-33-18-36-38)24(13-21)29-37-25-14-22(23-16-34-30(32)35-17-23)10-12-27(25)39(29)31(2,3)4/h9-19H,5-8H2,1-4H3,(H,40,41)(H2,32,34,35)/b20-15-. The molecule has 0 radical (unpaired) electrons. The van der Waals surface area contributed by atoms with Gasteiger partial charge < -0.3 is 15.4 Å². The highest BCUT2D eigenvalue weighted by molar-refractivity contribution is 5.92. The van der Waals surface area contributed by atoms with Gasteiger partial charge in [0.2, 0.25) is 5.95 Å². The molecule has 41 heavy (non-hydrogen) atoms. The molecule has 0 atom stereocenters. The molecule has 0 fully saturated rings. The molecule has 0 saturated heterocycles. The average molecular weight is 551 g/mol. The predicted octanol–water partition coefficient (Wildman–Crippen LogP) is 6.13. The molecule has 0 saturated carbocycles. The fraction of sp³-hybridized carbons (Fsp3) is 0.290.